The largest absolute Gasteiger partial charge is 0.382 e. The van der Waals surface area contributed by atoms with Gasteiger partial charge in [-0.3, -0.25) is 4.90 Å². The minimum Gasteiger partial charge on any atom is -0.382 e. The van der Waals surface area contributed by atoms with E-state index >= 15 is 0 Å². The Morgan fingerprint density at radius 1 is 1.23 bits per heavy atom. The molecule has 0 aromatic heterocycles. The highest BCUT2D eigenvalue weighted by molar-refractivity contribution is 6.32. The first-order valence-corrected chi connectivity index (χ1v) is 12.0. The Bertz CT molecular complexity index is 807. The van der Waals surface area contributed by atoms with Crippen molar-refractivity contribution in [3.8, 4) is 0 Å². The monoisotopic (exact) mass is 468 g/mol. The summed E-state index contributed by atoms with van der Waals surface area (Å²) in [6.45, 7) is 4.68. The summed E-state index contributed by atoms with van der Waals surface area (Å²) in [5.41, 5.74) is 1.46. The zero-order valence-corrected chi connectivity index (χ0v) is 19.1. The van der Waals surface area contributed by atoms with Crippen LogP contribution in [0.2, 0.25) is 0 Å². The van der Waals surface area contributed by atoms with Gasteiger partial charge in [0, 0.05) is 55.4 Å². The van der Waals surface area contributed by atoms with Crippen LogP contribution in [0.25, 0.3) is 0 Å². The van der Waals surface area contributed by atoms with Crippen LogP contribution in [0.4, 0.5) is 15.8 Å². The lowest BCUT2D eigenvalue weighted by Crippen LogP contribution is -2.57. The number of aliphatic hydroxyl groups is 1. The maximum atomic E-state index is 14.4. The molecule has 4 rings (SSSR count). The highest BCUT2D eigenvalue weighted by atomic mass is 35.5. The van der Waals surface area contributed by atoms with Gasteiger partial charge in [-0.25, -0.2) is 4.39 Å². The van der Waals surface area contributed by atoms with Crippen molar-refractivity contribution in [1.29, 1.82) is 0 Å². The third kappa shape index (κ3) is 5.74. The van der Waals surface area contributed by atoms with Crippen LogP contribution in [0.1, 0.15) is 19.3 Å². The van der Waals surface area contributed by atoms with Gasteiger partial charge >= 0.3 is 0 Å². The van der Waals surface area contributed by atoms with Gasteiger partial charge in [0.2, 0.25) is 0 Å². The van der Waals surface area contributed by atoms with Crippen molar-refractivity contribution in [3.05, 3.63) is 47.3 Å². The molecule has 4 atom stereocenters. The summed E-state index contributed by atoms with van der Waals surface area (Å²) in [5, 5.41) is 17.8. The quantitative estimate of drug-likeness (QED) is 0.555. The minimum atomic E-state index is -0.442. The number of rotatable bonds is 6. The zero-order valence-electron chi connectivity index (χ0n) is 17.6. The lowest BCUT2D eigenvalue weighted by atomic mass is 10.00. The lowest BCUT2D eigenvalue weighted by molar-refractivity contribution is -0.0329. The molecule has 0 amide bonds. The molecule has 3 N–H and O–H groups in total. The molecular formula is C23H31Cl2FN4O. The smallest absolute Gasteiger partial charge is 0.146 e. The number of nitrogens with one attached hydrogen (secondary N) is 2. The standard InChI is InChI=1S/C23H31Cl2FN4O/c24-17-5-4-16(19(25)13-17)15-28-22-14-18(6-7-20(22)26)29-9-11-30(12-10-29)23(31)21-3-1-2-8-27-21/h4-7,13-14,16,19,21,23,27-28,31H,1-3,8-12,15H2/t16?,19-,21?,23+/m0/s1. The van der Waals surface area contributed by atoms with Crippen molar-refractivity contribution < 1.29 is 9.50 Å². The van der Waals surface area contributed by atoms with Gasteiger partial charge in [0.25, 0.3) is 0 Å². The van der Waals surface area contributed by atoms with E-state index < -0.39 is 6.23 Å². The van der Waals surface area contributed by atoms with Crippen molar-refractivity contribution >= 4 is 34.6 Å². The van der Waals surface area contributed by atoms with Crippen molar-refractivity contribution in [2.45, 2.75) is 36.9 Å². The molecule has 0 bridgehead atoms. The number of nitrogens with zero attached hydrogens (tertiary/aromatic N) is 2. The Balaban J connectivity index is 1.33. The molecule has 3 aliphatic rings. The number of aliphatic hydroxyl groups excluding tert-OH is 1. The van der Waals surface area contributed by atoms with Crippen LogP contribution in [-0.4, -0.2) is 66.9 Å². The fraction of sp³-hybridized carbons (Fsp3) is 0.565. The highest BCUT2D eigenvalue weighted by Gasteiger charge is 2.29. The van der Waals surface area contributed by atoms with Crippen LogP contribution in [0.15, 0.2) is 41.5 Å². The first kappa shape index (κ1) is 22.9. The van der Waals surface area contributed by atoms with Crippen molar-refractivity contribution in [2.75, 3.05) is 49.5 Å². The van der Waals surface area contributed by atoms with Crippen LogP contribution < -0.4 is 15.5 Å². The molecule has 170 valence electrons. The number of benzene rings is 1. The van der Waals surface area contributed by atoms with Crippen molar-refractivity contribution in [1.82, 2.24) is 10.2 Å². The predicted octanol–water partition coefficient (Wildman–Crippen LogP) is 3.74. The Kier molecular flexibility index (Phi) is 7.77. The number of allylic oxidation sites excluding steroid dienone is 3. The average Bonchev–Trinajstić information content (AvgIpc) is 2.80. The molecule has 2 heterocycles. The maximum Gasteiger partial charge on any atom is 0.146 e. The second-order valence-electron chi connectivity index (χ2n) is 8.56. The highest BCUT2D eigenvalue weighted by Crippen LogP contribution is 2.27. The minimum absolute atomic E-state index is 0.0469. The van der Waals surface area contributed by atoms with Gasteiger partial charge in [-0.2, -0.15) is 0 Å². The number of alkyl halides is 1. The molecule has 2 fully saturated rings. The van der Waals surface area contributed by atoms with E-state index in [1.54, 1.807) is 6.08 Å². The van der Waals surface area contributed by atoms with E-state index in [2.05, 4.69) is 20.4 Å². The number of hydrogen-bond donors (Lipinski definition) is 3. The van der Waals surface area contributed by atoms with E-state index in [9.17, 15) is 9.50 Å². The summed E-state index contributed by atoms with van der Waals surface area (Å²) >= 11 is 12.3. The number of halogens is 3. The van der Waals surface area contributed by atoms with Crippen LogP contribution in [0.3, 0.4) is 0 Å². The van der Waals surface area contributed by atoms with Crippen molar-refractivity contribution in [3.63, 3.8) is 0 Å². The Hall–Kier alpha value is -1.31. The first-order valence-electron chi connectivity index (χ1n) is 11.1. The van der Waals surface area contributed by atoms with Crippen LogP contribution in [-0.2, 0) is 0 Å². The van der Waals surface area contributed by atoms with Crippen LogP contribution >= 0.6 is 23.2 Å². The predicted molar refractivity (Wildman–Crippen MR) is 127 cm³/mol. The van der Waals surface area contributed by atoms with E-state index in [1.165, 1.54) is 18.9 Å². The van der Waals surface area contributed by atoms with Gasteiger partial charge in [0.15, 0.2) is 0 Å². The topological polar surface area (TPSA) is 50.8 Å². The summed E-state index contributed by atoms with van der Waals surface area (Å²) in [4.78, 5) is 4.40. The zero-order chi connectivity index (χ0) is 21.8. The molecule has 1 aliphatic carbocycles. The van der Waals surface area contributed by atoms with E-state index in [-0.39, 0.29) is 23.2 Å². The molecule has 2 aliphatic heterocycles. The molecule has 0 spiro atoms. The summed E-state index contributed by atoms with van der Waals surface area (Å²) in [7, 11) is 0. The number of anilines is 2. The van der Waals surface area contributed by atoms with Gasteiger partial charge in [-0.15, -0.1) is 11.6 Å². The fourth-order valence-corrected chi connectivity index (χ4v) is 5.12. The molecule has 31 heavy (non-hydrogen) atoms. The number of piperidine rings is 1. The molecule has 2 unspecified atom stereocenters. The van der Waals surface area contributed by atoms with E-state index in [1.807, 2.05) is 24.3 Å². The van der Waals surface area contributed by atoms with E-state index in [0.29, 0.717) is 17.3 Å². The van der Waals surface area contributed by atoms with Gasteiger partial charge in [0.1, 0.15) is 12.0 Å². The second-order valence-corrected chi connectivity index (χ2v) is 9.50. The van der Waals surface area contributed by atoms with Gasteiger partial charge < -0.3 is 20.6 Å². The molecule has 1 aromatic rings. The molecule has 2 saturated heterocycles. The third-order valence-corrected chi connectivity index (χ3v) is 7.17. The van der Waals surface area contributed by atoms with Gasteiger partial charge in [-0.1, -0.05) is 24.1 Å². The lowest BCUT2D eigenvalue weighted by Gasteiger charge is -2.41. The maximum absolute atomic E-state index is 14.4. The van der Waals surface area contributed by atoms with Crippen LogP contribution in [0, 0.1) is 11.7 Å². The normalized spacial score (nSPS) is 28.3. The SMILES string of the molecule is O[C@H](C1CCCCN1)N1CCN(c2ccc(F)c(NCC3C=CC(Cl)=C[C@@H]3Cl)c2)CC1. The number of hydrogen-bond acceptors (Lipinski definition) is 5. The van der Waals surface area contributed by atoms with Crippen LogP contribution in [0.5, 0.6) is 0 Å². The average molecular weight is 469 g/mol. The fourth-order valence-electron chi connectivity index (χ4n) is 4.54. The van der Waals surface area contributed by atoms with Gasteiger partial charge in [0.05, 0.1) is 11.1 Å². The second kappa shape index (κ2) is 10.5. The van der Waals surface area contributed by atoms with E-state index in [4.69, 9.17) is 23.2 Å². The molecular weight excluding hydrogens is 438 g/mol. The summed E-state index contributed by atoms with van der Waals surface area (Å²) in [5.74, 6) is -0.230. The Morgan fingerprint density at radius 3 is 2.74 bits per heavy atom. The molecule has 8 heteroatoms. The van der Waals surface area contributed by atoms with Gasteiger partial charge in [-0.05, 0) is 49.7 Å². The summed E-state index contributed by atoms with van der Waals surface area (Å²) < 4.78 is 14.4. The molecule has 0 saturated carbocycles. The Labute approximate surface area is 193 Å². The molecule has 1 aromatic carbocycles. The Morgan fingerprint density at radius 2 is 2.03 bits per heavy atom. The summed E-state index contributed by atoms with van der Waals surface area (Å²) in [6, 6.07) is 5.35. The third-order valence-electron chi connectivity index (χ3n) is 6.47. The summed E-state index contributed by atoms with van der Waals surface area (Å²) in [6.07, 6.45) is 8.53. The number of piperazine rings is 1. The van der Waals surface area contributed by atoms with Crippen molar-refractivity contribution in [2.24, 2.45) is 5.92 Å². The van der Waals surface area contributed by atoms with E-state index in [0.717, 1.165) is 44.8 Å². The molecule has 5 nitrogen and oxygen atoms in total. The first-order chi connectivity index (χ1) is 15.0. The molecule has 0 radical (unpaired) electrons.